The molecule has 1 heterocycles. The van der Waals surface area contributed by atoms with Crippen LogP contribution in [0.5, 0.6) is 0 Å². The fraction of sp³-hybridized carbons (Fsp3) is 0.263. The van der Waals surface area contributed by atoms with Crippen molar-refractivity contribution < 1.29 is 14.0 Å². The molecule has 3 amide bonds. The van der Waals surface area contributed by atoms with Crippen molar-refractivity contribution in [2.24, 2.45) is 0 Å². The Morgan fingerprint density at radius 2 is 1.88 bits per heavy atom. The van der Waals surface area contributed by atoms with E-state index in [9.17, 15) is 14.0 Å². The summed E-state index contributed by atoms with van der Waals surface area (Å²) in [5, 5.41) is 2.92. The molecular formula is C19H20FN3O2. The number of nitrogens with one attached hydrogen (secondary N) is 1. The summed E-state index contributed by atoms with van der Waals surface area (Å²) in [5.74, 6) is -0.429. The lowest BCUT2D eigenvalue weighted by Gasteiger charge is -2.24. The number of benzene rings is 2. The van der Waals surface area contributed by atoms with E-state index in [-0.39, 0.29) is 30.2 Å². The summed E-state index contributed by atoms with van der Waals surface area (Å²) in [6.45, 7) is 2.80. The van der Waals surface area contributed by atoms with Crippen molar-refractivity contribution in [3.63, 3.8) is 0 Å². The number of rotatable bonds is 4. The first kappa shape index (κ1) is 17.0. The zero-order valence-electron chi connectivity index (χ0n) is 14.0. The second kappa shape index (κ2) is 7.34. The molecule has 1 unspecified atom stereocenters. The van der Waals surface area contributed by atoms with Crippen LogP contribution < -0.4 is 15.1 Å². The Balaban J connectivity index is 1.66. The molecular weight excluding hydrogens is 321 g/mol. The van der Waals surface area contributed by atoms with Crippen molar-refractivity contribution >= 4 is 23.3 Å². The summed E-state index contributed by atoms with van der Waals surface area (Å²) in [7, 11) is 0. The van der Waals surface area contributed by atoms with Crippen molar-refractivity contribution in [1.82, 2.24) is 5.32 Å². The number of nitrogens with zero attached hydrogens (tertiary/aromatic N) is 2. The predicted molar refractivity (Wildman–Crippen MR) is 95.2 cm³/mol. The third-order valence-corrected chi connectivity index (χ3v) is 4.22. The van der Waals surface area contributed by atoms with Gasteiger partial charge in [-0.3, -0.25) is 9.69 Å². The molecule has 0 spiro atoms. The minimum Gasteiger partial charge on any atom is -0.333 e. The van der Waals surface area contributed by atoms with Gasteiger partial charge in [0.05, 0.1) is 6.04 Å². The number of para-hydroxylation sites is 1. The maximum atomic E-state index is 13.0. The number of hydrogen-bond donors (Lipinski definition) is 1. The molecule has 25 heavy (non-hydrogen) atoms. The molecule has 3 rings (SSSR count). The van der Waals surface area contributed by atoms with E-state index in [2.05, 4.69) is 5.32 Å². The molecule has 0 bridgehead atoms. The van der Waals surface area contributed by atoms with Gasteiger partial charge in [0.1, 0.15) is 5.82 Å². The van der Waals surface area contributed by atoms with Gasteiger partial charge in [-0.25, -0.2) is 9.18 Å². The first-order valence-corrected chi connectivity index (χ1v) is 8.27. The van der Waals surface area contributed by atoms with Gasteiger partial charge in [-0.1, -0.05) is 18.2 Å². The first-order chi connectivity index (χ1) is 12.1. The molecule has 0 saturated carbocycles. The van der Waals surface area contributed by atoms with Crippen LogP contribution in [0.1, 0.15) is 13.3 Å². The molecule has 1 atom stereocenters. The number of urea groups is 1. The van der Waals surface area contributed by atoms with E-state index < -0.39 is 0 Å². The molecule has 0 aromatic heterocycles. The van der Waals surface area contributed by atoms with Gasteiger partial charge in [-0.15, -0.1) is 0 Å². The Kier molecular flexibility index (Phi) is 4.97. The lowest BCUT2D eigenvalue weighted by Crippen LogP contribution is -2.46. The minimum atomic E-state index is -0.346. The van der Waals surface area contributed by atoms with E-state index in [1.54, 1.807) is 21.9 Å². The van der Waals surface area contributed by atoms with Gasteiger partial charge in [0.2, 0.25) is 5.91 Å². The zero-order chi connectivity index (χ0) is 17.8. The maximum absolute atomic E-state index is 13.0. The zero-order valence-corrected chi connectivity index (χ0v) is 14.0. The van der Waals surface area contributed by atoms with Crippen molar-refractivity contribution in [2.45, 2.75) is 19.4 Å². The standard InChI is InChI=1S/C19H20FN3O2/c1-2-22(16-6-4-3-5-7-16)19(25)21-15-12-18(24)23(13-15)17-10-8-14(20)9-11-17/h3-11,15H,2,12-13H2,1H3,(H,21,25). The fourth-order valence-electron chi connectivity index (χ4n) is 2.98. The molecule has 0 radical (unpaired) electrons. The average Bonchev–Trinajstić information content (AvgIpc) is 2.97. The number of hydrogen-bond acceptors (Lipinski definition) is 2. The van der Waals surface area contributed by atoms with Gasteiger partial charge in [-0.05, 0) is 43.3 Å². The molecule has 1 aliphatic heterocycles. The number of halogens is 1. The van der Waals surface area contributed by atoms with Gasteiger partial charge in [0, 0.05) is 30.9 Å². The lowest BCUT2D eigenvalue weighted by molar-refractivity contribution is -0.117. The topological polar surface area (TPSA) is 52.7 Å². The molecule has 1 saturated heterocycles. The minimum absolute atomic E-state index is 0.0836. The van der Waals surface area contributed by atoms with E-state index in [0.29, 0.717) is 18.8 Å². The Hall–Kier alpha value is -2.89. The number of carbonyl (C=O) groups is 2. The Bertz CT molecular complexity index is 749. The van der Waals surface area contributed by atoms with E-state index in [4.69, 9.17) is 0 Å². The fourth-order valence-corrected chi connectivity index (χ4v) is 2.98. The molecule has 2 aromatic rings. The Morgan fingerprint density at radius 1 is 1.20 bits per heavy atom. The molecule has 1 N–H and O–H groups in total. The van der Waals surface area contributed by atoms with Gasteiger partial charge in [0.15, 0.2) is 0 Å². The van der Waals surface area contributed by atoms with Crippen molar-refractivity contribution in [3.8, 4) is 0 Å². The lowest BCUT2D eigenvalue weighted by atomic mass is 10.2. The van der Waals surface area contributed by atoms with Gasteiger partial charge >= 0.3 is 6.03 Å². The van der Waals surface area contributed by atoms with Gasteiger partial charge in [-0.2, -0.15) is 0 Å². The van der Waals surface area contributed by atoms with Crippen LogP contribution in [0.15, 0.2) is 54.6 Å². The van der Waals surface area contributed by atoms with Gasteiger partial charge in [0.25, 0.3) is 0 Å². The maximum Gasteiger partial charge on any atom is 0.322 e. The highest BCUT2D eigenvalue weighted by Crippen LogP contribution is 2.22. The molecule has 6 heteroatoms. The van der Waals surface area contributed by atoms with Crippen LogP contribution in [0, 0.1) is 5.82 Å². The third kappa shape index (κ3) is 3.79. The number of amides is 3. The van der Waals surface area contributed by atoms with Gasteiger partial charge < -0.3 is 10.2 Å². The monoisotopic (exact) mass is 341 g/mol. The van der Waals surface area contributed by atoms with Crippen LogP contribution in [-0.4, -0.2) is 31.1 Å². The molecule has 2 aromatic carbocycles. The molecule has 130 valence electrons. The highest BCUT2D eigenvalue weighted by atomic mass is 19.1. The molecule has 1 aliphatic rings. The summed E-state index contributed by atoms with van der Waals surface area (Å²) in [4.78, 5) is 28.0. The summed E-state index contributed by atoms with van der Waals surface area (Å²) in [6, 6.07) is 14.7. The van der Waals surface area contributed by atoms with Crippen LogP contribution in [0.3, 0.4) is 0 Å². The Labute approximate surface area is 146 Å². The normalized spacial score (nSPS) is 16.8. The summed E-state index contributed by atoms with van der Waals surface area (Å²) in [6.07, 6.45) is 0.232. The number of anilines is 2. The third-order valence-electron chi connectivity index (χ3n) is 4.22. The van der Waals surface area contributed by atoms with Crippen LogP contribution in [0.2, 0.25) is 0 Å². The van der Waals surface area contributed by atoms with Crippen molar-refractivity contribution in [3.05, 3.63) is 60.4 Å². The SMILES string of the molecule is CCN(C(=O)NC1CC(=O)N(c2ccc(F)cc2)C1)c1ccccc1. The largest absolute Gasteiger partial charge is 0.333 e. The first-order valence-electron chi connectivity index (χ1n) is 8.27. The van der Waals surface area contributed by atoms with E-state index in [0.717, 1.165) is 5.69 Å². The summed E-state index contributed by atoms with van der Waals surface area (Å²) in [5.41, 5.74) is 1.45. The predicted octanol–water partition coefficient (Wildman–Crippen LogP) is 3.17. The molecule has 5 nitrogen and oxygen atoms in total. The van der Waals surface area contributed by atoms with Crippen molar-refractivity contribution in [2.75, 3.05) is 22.9 Å². The van der Waals surface area contributed by atoms with E-state index in [1.807, 2.05) is 37.3 Å². The second-order valence-corrected chi connectivity index (χ2v) is 5.91. The summed E-state index contributed by atoms with van der Waals surface area (Å²) >= 11 is 0. The second-order valence-electron chi connectivity index (χ2n) is 5.91. The van der Waals surface area contributed by atoms with Crippen LogP contribution in [0.4, 0.5) is 20.6 Å². The highest BCUT2D eigenvalue weighted by Gasteiger charge is 2.32. The molecule has 0 aliphatic carbocycles. The summed E-state index contributed by atoms with van der Waals surface area (Å²) < 4.78 is 13.0. The van der Waals surface area contributed by atoms with E-state index >= 15 is 0 Å². The van der Waals surface area contributed by atoms with Crippen LogP contribution in [0.25, 0.3) is 0 Å². The number of carbonyl (C=O) groups excluding carboxylic acids is 2. The van der Waals surface area contributed by atoms with Crippen LogP contribution in [-0.2, 0) is 4.79 Å². The molecule has 1 fully saturated rings. The highest BCUT2D eigenvalue weighted by molar-refractivity contribution is 5.98. The van der Waals surface area contributed by atoms with Crippen molar-refractivity contribution in [1.29, 1.82) is 0 Å². The Morgan fingerprint density at radius 3 is 2.52 bits per heavy atom. The quantitative estimate of drug-likeness (QED) is 0.929. The smallest absolute Gasteiger partial charge is 0.322 e. The average molecular weight is 341 g/mol. The van der Waals surface area contributed by atoms with E-state index in [1.165, 1.54) is 12.1 Å². The van der Waals surface area contributed by atoms with Crippen LogP contribution >= 0.6 is 0 Å².